The molecule has 23 heavy (non-hydrogen) atoms. The Balaban J connectivity index is 2.60. The summed E-state index contributed by atoms with van der Waals surface area (Å²) in [6, 6.07) is 11.0. The lowest BCUT2D eigenvalue weighted by Gasteiger charge is -2.25. The number of sulfonamides is 1. The van der Waals surface area contributed by atoms with E-state index in [1.807, 2.05) is 13.0 Å². The zero-order chi connectivity index (χ0) is 17.2. The minimum Gasteiger partial charge on any atom is -0.368 e. The summed E-state index contributed by atoms with van der Waals surface area (Å²) in [5.74, 6) is -0.733. The summed E-state index contributed by atoms with van der Waals surface area (Å²) in [5.41, 5.74) is 7.37. The summed E-state index contributed by atoms with van der Waals surface area (Å²) >= 11 is 5.81. The first-order chi connectivity index (χ1) is 10.7. The van der Waals surface area contributed by atoms with Crippen molar-refractivity contribution in [3.05, 3.63) is 58.6 Å². The second kappa shape index (κ2) is 6.60. The Morgan fingerprint density at radius 2 is 1.74 bits per heavy atom. The Hall–Kier alpha value is -2.05. The molecule has 122 valence electrons. The number of aryl methyl sites for hydroxylation is 1. The van der Waals surface area contributed by atoms with Crippen LogP contribution in [0.3, 0.4) is 0 Å². The first-order valence-corrected chi connectivity index (χ1v) is 8.68. The molecule has 2 aromatic carbocycles. The van der Waals surface area contributed by atoms with Gasteiger partial charge in [-0.2, -0.15) is 0 Å². The second-order valence-corrected chi connectivity index (χ2v) is 7.45. The van der Waals surface area contributed by atoms with Gasteiger partial charge in [-0.25, -0.2) is 8.42 Å². The van der Waals surface area contributed by atoms with E-state index in [0.29, 0.717) is 10.7 Å². The van der Waals surface area contributed by atoms with Crippen LogP contribution in [0.15, 0.2) is 47.4 Å². The van der Waals surface area contributed by atoms with Crippen LogP contribution in [0.1, 0.15) is 11.1 Å². The molecular weight excluding hydrogens is 336 g/mol. The second-order valence-electron chi connectivity index (χ2n) is 5.15. The summed E-state index contributed by atoms with van der Waals surface area (Å²) < 4.78 is 26.9. The largest absolute Gasteiger partial charge is 0.368 e. The van der Waals surface area contributed by atoms with Gasteiger partial charge in [0.2, 0.25) is 5.91 Å². The third-order valence-electron chi connectivity index (χ3n) is 3.55. The highest BCUT2D eigenvalue weighted by Crippen LogP contribution is 2.28. The molecule has 0 saturated carbocycles. The highest BCUT2D eigenvalue weighted by atomic mass is 35.5. The van der Waals surface area contributed by atoms with Crippen LogP contribution >= 0.6 is 11.6 Å². The molecule has 1 amide bonds. The maximum absolute atomic E-state index is 12.9. The maximum Gasteiger partial charge on any atom is 0.264 e. The first kappa shape index (κ1) is 17.3. The fourth-order valence-corrected chi connectivity index (χ4v) is 3.80. The van der Waals surface area contributed by atoms with Crippen molar-refractivity contribution in [2.24, 2.45) is 5.73 Å². The standard InChI is InChI=1S/C16H17ClN2O3S/c1-11-4-3-5-15(12(11)2)19(10-16(18)20)23(21,22)14-8-6-13(17)7-9-14/h3-9H,10H2,1-2H3,(H2,18,20). The van der Waals surface area contributed by atoms with E-state index in [1.165, 1.54) is 24.3 Å². The van der Waals surface area contributed by atoms with Crippen LogP contribution in [0, 0.1) is 13.8 Å². The molecule has 0 aliphatic carbocycles. The van der Waals surface area contributed by atoms with Crippen molar-refractivity contribution in [2.75, 3.05) is 10.8 Å². The van der Waals surface area contributed by atoms with E-state index in [2.05, 4.69) is 0 Å². The van der Waals surface area contributed by atoms with Gasteiger partial charge in [-0.15, -0.1) is 0 Å². The first-order valence-electron chi connectivity index (χ1n) is 6.86. The Morgan fingerprint density at radius 3 is 2.30 bits per heavy atom. The molecular formula is C16H17ClN2O3S. The van der Waals surface area contributed by atoms with Gasteiger partial charge in [0.05, 0.1) is 10.6 Å². The molecule has 0 aromatic heterocycles. The number of anilines is 1. The summed E-state index contributed by atoms with van der Waals surface area (Å²) in [6.45, 7) is 3.24. The highest BCUT2D eigenvalue weighted by Gasteiger charge is 2.27. The Labute approximate surface area is 140 Å². The molecule has 0 aliphatic rings. The molecule has 2 aromatic rings. The number of carbonyl (C=O) groups excluding carboxylic acids is 1. The van der Waals surface area contributed by atoms with Crippen LogP contribution in [0.4, 0.5) is 5.69 Å². The van der Waals surface area contributed by atoms with Crippen LogP contribution in [0.5, 0.6) is 0 Å². The summed E-state index contributed by atoms with van der Waals surface area (Å²) in [4.78, 5) is 11.5. The molecule has 0 aliphatic heterocycles. The average molecular weight is 353 g/mol. The minimum absolute atomic E-state index is 0.0454. The SMILES string of the molecule is Cc1cccc(N(CC(N)=O)S(=O)(=O)c2ccc(Cl)cc2)c1C. The van der Waals surface area contributed by atoms with Gasteiger partial charge in [0.1, 0.15) is 6.54 Å². The Morgan fingerprint density at radius 1 is 1.13 bits per heavy atom. The number of nitrogens with two attached hydrogens (primary N) is 1. The molecule has 7 heteroatoms. The number of hydrogen-bond donors (Lipinski definition) is 1. The minimum atomic E-state index is -3.93. The lowest BCUT2D eigenvalue weighted by molar-refractivity contribution is -0.116. The molecule has 0 heterocycles. The molecule has 0 fully saturated rings. The number of primary amides is 1. The van der Waals surface area contributed by atoms with Crippen molar-refractivity contribution in [3.8, 4) is 0 Å². The van der Waals surface area contributed by atoms with Gasteiger partial charge in [-0.05, 0) is 55.3 Å². The number of nitrogens with zero attached hydrogens (tertiary/aromatic N) is 1. The lowest BCUT2D eigenvalue weighted by Crippen LogP contribution is -2.39. The van der Waals surface area contributed by atoms with E-state index in [1.54, 1.807) is 19.1 Å². The van der Waals surface area contributed by atoms with Crippen molar-refractivity contribution < 1.29 is 13.2 Å². The molecule has 0 spiro atoms. The van der Waals surface area contributed by atoms with E-state index in [4.69, 9.17) is 17.3 Å². The molecule has 0 unspecified atom stereocenters. The van der Waals surface area contributed by atoms with Crippen molar-refractivity contribution in [1.29, 1.82) is 0 Å². The van der Waals surface area contributed by atoms with Crippen molar-refractivity contribution in [3.63, 3.8) is 0 Å². The molecule has 0 saturated heterocycles. The van der Waals surface area contributed by atoms with E-state index in [9.17, 15) is 13.2 Å². The van der Waals surface area contributed by atoms with Gasteiger partial charge in [0, 0.05) is 5.02 Å². The number of rotatable bonds is 5. The van der Waals surface area contributed by atoms with Crippen molar-refractivity contribution in [2.45, 2.75) is 18.7 Å². The molecule has 2 N–H and O–H groups in total. The number of carbonyl (C=O) groups is 1. The fourth-order valence-electron chi connectivity index (χ4n) is 2.18. The van der Waals surface area contributed by atoms with E-state index >= 15 is 0 Å². The van der Waals surface area contributed by atoms with Gasteiger partial charge in [0.15, 0.2) is 0 Å². The van der Waals surface area contributed by atoms with Gasteiger partial charge >= 0.3 is 0 Å². The summed E-state index contributed by atoms with van der Waals surface area (Å²) in [7, 11) is -3.93. The van der Waals surface area contributed by atoms with E-state index in [0.717, 1.165) is 15.4 Å². The monoisotopic (exact) mass is 352 g/mol. The fraction of sp³-hybridized carbons (Fsp3) is 0.188. The van der Waals surface area contributed by atoms with Gasteiger partial charge in [-0.1, -0.05) is 23.7 Å². The molecule has 0 atom stereocenters. The number of halogens is 1. The zero-order valence-electron chi connectivity index (χ0n) is 12.8. The van der Waals surface area contributed by atoms with Gasteiger partial charge in [0.25, 0.3) is 10.0 Å². The van der Waals surface area contributed by atoms with Gasteiger partial charge < -0.3 is 5.73 Å². The summed E-state index contributed by atoms with van der Waals surface area (Å²) in [5, 5.41) is 0.428. The third-order valence-corrected chi connectivity index (χ3v) is 5.57. The predicted octanol–water partition coefficient (Wildman–Crippen LogP) is 2.64. The Kier molecular flexibility index (Phi) is 4.97. The maximum atomic E-state index is 12.9. The lowest BCUT2D eigenvalue weighted by atomic mass is 10.1. The van der Waals surface area contributed by atoms with Crippen LogP contribution in [-0.4, -0.2) is 20.9 Å². The van der Waals surface area contributed by atoms with Crippen molar-refractivity contribution in [1.82, 2.24) is 0 Å². The van der Waals surface area contributed by atoms with E-state index < -0.39 is 22.5 Å². The number of hydrogen-bond acceptors (Lipinski definition) is 3. The smallest absolute Gasteiger partial charge is 0.264 e. The molecule has 0 radical (unpaired) electrons. The van der Waals surface area contributed by atoms with Crippen LogP contribution in [0.25, 0.3) is 0 Å². The quantitative estimate of drug-likeness (QED) is 0.898. The molecule has 5 nitrogen and oxygen atoms in total. The average Bonchev–Trinajstić information content (AvgIpc) is 2.48. The predicted molar refractivity (Wildman–Crippen MR) is 91.1 cm³/mol. The molecule has 2 rings (SSSR count). The Bertz CT molecular complexity index is 833. The van der Waals surface area contributed by atoms with Crippen molar-refractivity contribution >= 4 is 33.2 Å². The summed E-state index contributed by atoms with van der Waals surface area (Å²) in [6.07, 6.45) is 0. The number of amides is 1. The normalized spacial score (nSPS) is 11.3. The third kappa shape index (κ3) is 3.65. The van der Waals surface area contributed by atoms with Crippen LogP contribution in [-0.2, 0) is 14.8 Å². The highest BCUT2D eigenvalue weighted by molar-refractivity contribution is 7.92. The van der Waals surface area contributed by atoms with E-state index in [-0.39, 0.29) is 4.90 Å². The number of benzene rings is 2. The topological polar surface area (TPSA) is 80.5 Å². The zero-order valence-corrected chi connectivity index (χ0v) is 14.4. The molecule has 0 bridgehead atoms. The van der Waals surface area contributed by atoms with Gasteiger partial charge in [-0.3, -0.25) is 9.10 Å². The van der Waals surface area contributed by atoms with Crippen LogP contribution < -0.4 is 10.0 Å². The van der Waals surface area contributed by atoms with Crippen LogP contribution in [0.2, 0.25) is 5.02 Å².